The van der Waals surface area contributed by atoms with Gasteiger partial charge in [0.2, 0.25) is 5.91 Å². The average Bonchev–Trinajstić information content (AvgIpc) is 2.15. The first kappa shape index (κ1) is 12.6. The van der Waals surface area contributed by atoms with Gasteiger partial charge >= 0.3 is 0 Å². The van der Waals surface area contributed by atoms with Crippen molar-refractivity contribution in [2.45, 2.75) is 13.0 Å². The zero-order chi connectivity index (χ0) is 11.1. The van der Waals surface area contributed by atoms with Crippen LogP contribution >= 0.6 is 0 Å². The van der Waals surface area contributed by atoms with Crippen LogP contribution in [0.25, 0.3) is 0 Å². The normalized spacial score (nSPS) is 15.8. The van der Waals surface area contributed by atoms with E-state index >= 15 is 0 Å². The molecule has 0 aliphatic heterocycles. The molecule has 2 atom stereocenters. The van der Waals surface area contributed by atoms with E-state index in [-0.39, 0.29) is 5.92 Å². The number of ether oxygens (including phenoxy) is 2. The largest absolute Gasteiger partial charge is 0.500 e. The molecule has 0 aromatic carbocycles. The third kappa shape index (κ3) is 3.57. The summed E-state index contributed by atoms with van der Waals surface area (Å²) in [5, 5.41) is 7.09. The van der Waals surface area contributed by atoms with Crippen molar-refractivity contribution < 1.29 is 14.3 Å². The molecule has 5 nitrogen and oxygen atoms in total. The van der Waals surface area contributed by atoms with E-state index in [0.717, 1.165) is 6.21 Å². The summed E-state index contributed by atoms with van der Waals surface area (Å²) in [5.74, 6) is -0.378. The molecule has 0 saturated heterocycles. The van der Waals surface area contributed by atoms with Gasteiger partial charge in [0.15, 0.2) is 0 Å². The Kier molecular flexibility index (Phi) is 5.55. The maximum atomic E-state index is 10.6. The molecule has 14 heavy (non-hydrogen) atoms. The van der Waals surface area contributed by atoms with Crippen LogP contribution in [0.3, 0.4) is 0 Å². The molecule has 0 aliphatic carbocycles. The Labute approximate surface area is 83.4 Å². The monoisotopic (exact) mass is 200 g/mol. The SMILES string of the molecule is CO/C(=C/C(N)=O)C(C)C(C=N)OC. The number of carbonyl (C=O) groups excluding carboxylic acids is 1. The van der Waals surface area contributed by atoms with E-state index in [9.17, 15) is 4.79 Å². The number of carbonyl (C=O) groups is 1. The molecule has 0 saturated carbocycles. The molecule has 0 aromatic rings. The summed E-state index contributed by atoms with van der Waals surface area (Å²) in [4.78, 5) is 10.6. The highest BCUT2D eigenvalue weighted by atomic mass is 16.5. The van der Waals surface area contributed by atoms with Gasteiger partial charge in [0.25, 0.3) is 0 Å². The lowest BCUT2D eigenvalue weighted by molar-refractivity contribution is -0.113. The van der Waals surface area contributed by atoms with E-state index in [1.807, 2.05) is 0 Å². The fourth-order valence-corrected chi connectivity index (χ4v) is 1.09. The van der Waals surface area contributed by atoms with Crippen molar-refractivity contribution in [2.75, 3.05) is 14.2 Å². The van der Waals surface area contributed by atoms with E-state index in [1.165, 1.54) is 20.3 Å². The van der Waals surface area contributed by atoms with Gasteiger partial charge in [-0.3, -0.25) is 4.79 Å². The lowest BCUT2D eigenvalue weighted by atomic mass is 10.0. The zero-order valence-electron chi connectivity index (χ0n) is 8.61. The summed E-state index contributed by atoms with van der Waals surface area (Å²) >= 11 is 0. The molecule has 1 amide bonds. The highest BCUT2D eigenvalue weighted by Gasteiger charge is 2.19. The number of hydrogen-bond acceptors (Lipinski definition) is 4. The van der Waals surface area contributed by atoms with Crippen molar-refractivity contribution in [3.63, 3.8) is 0 Å². The Bertz CT molecular complexity index is 238. The summed E-state index contributed by atoms with van der Waals surface area (Å²) < 4.78 is 9.99. The van der Waals surface area contributed by atoms with Crippen LogP contribution in [0.15, 0.2) is 11.8 Å². The van der Waals surface area contributed by atoms with Gasteiger partial charge in [-0.25, -0.2) is 0 Å². The first-order valence-electron chi connectivity index (χ1n) is 4.15. The average molecular weight is 200 g/mol. The van der Waals surface area contributed by atoms with E-state index < -0.39 is 12.0 Å². The second-order valence-electron chi connectivity index (χ2n) is 2.81. The third-order valence-corrected chi connectivity index (χ3v) is 1.90. The summed E-state index contributed by atoms with van der Waals surface area (Å²) in [5.41, 5.74) is 5.00. The van der Waals surface area contributed by atoms with Gasteiger partial charge in [0.1, 0.15) is 11.9 Å². The molecule has 3 N–H and O–H groups in total. The second kappa shape index (κ2) is 6.15. The summed E-state index contributed by atoms with van der Waals surface area (Å²) in [7, 11) is 2.94. The van der Waals surface area contributed by atoms with Gasteiger partial charge in [-0.2, -0.15) is 0 Å². The topological polar surface area (TPSA) is 85.4 Å². The second-order valence-corrected chi connectivity index (χ2v) is 2.81. The lowest BCUT2D eigenvalue weighted by Crippen LogP contribution is -2.25. The summed E-state index contributed by atoms with van der Waals surface area (Å²) in [6, 6.07) is 0. The van der Waals surface area contributed by atoms with Gasteiger partial charge < -0.3 is 20.6 Å². The van der Waals surface area contributed by atoms with Crippen molar-refractivity contribution in [2.24, 2.45) is 11.7 Å². The van der Waals surface area contributed by atoms with Crippen LogP contribution in [-0.4, -0.2) is 32.4 Å². The molecule has 2 unspecified atom stereocenters. The van der Waals surface area contributed by atoms with E-state index in [4.69, 9.17) is 20.6 Å². The molecule has 0 aromatic heterocycles. The van der Waals surface area contributed by atoms with Crippen molar-refractivity contribution in [3.8, 4) is 0 Å². The number of nitrogens with one attached hydrogen (secondary N) is 1. The van der Waals surface area contributed by atoms with Crippen LogP contribution in [-0.2, 0) is 14.3 Å². The Morgan fingerprint density at radius 3 is 2.36 bits per heavy atom. The van der Waals surface area contributed by atoms with Gasteiger partial charge in [0, 0.05) is 25.3 Å². The fraction of sp³-hybridized carbons (Fsp3) is 0.556. The number of hydrogen-bond donors (Lipinski definition) is 2. The van der Waals surface area contributed by atoms with Crippen molar-refractivity contribution in [1.29, 1.82) is 5.41 Å². The highest BCUT2D eigenvalue weighted by Crippen LogP contribution is 2.16. The molecular formula is C9H16N2O3. The third-order valence-electron chi connectivity index (χ3n) is 1.90. The van der Waals surface area contributed by atoms with Crippen molar-refractivity contribution >= 4 is 12.1 Å². The molecule has 0 fully saturated rings. The van der Waals surface area contributed by atoms with Gasteiger partial charge in [0.05, 0.1) is 7.11 Å². The van der Waals surface area contributed by atoms with Gasteiger partial charge in [-0.05, 0) is 0 Å². The van der Waals surface area contributed by atoms with E-state index in [0.29, 0.717) is 5.76 Å². The molecule has 0 radical (unpaired) electrons. The van der Waals surface area contributed by atoms with Crippen LogP contribution in [0.1, 0.15) is 6.92 Å². The molecular weight excluding hydrogens is 184 g/mol. The quantitative estimate of drug-likeness (QED) is 0.367. The fourth-order valence-electron chi connectivity index (χ4n) is 1.09. The Morgan fingerprint density at radius 1 is 1.50 bits per heavy atom. The maximum absolute atomic E-state index is 10.6. The maximum Gasteiger partial charge on any atom is 0.244 e. The number of rotatable bonds is 6. The lowest BCUT2D eigenvalue weighted by Gasteiger charge is -2.20. The van der Waals surface area contributed by atoms with Crippen molar-refractivity contribution in [1.82, 2.24) is 0 Å². The van der Waals surface area contributed by atoms with Crippen LogP contribution in [0.4, 0.5) is 0 Å². The first-order valence-corrected chi connectivity index (χ1v) is 4.15. The Balaban J connectivity index is 4.67. The molecule has 0 aliphatic rings. The summed E-state index contributed by atoms with van der Waals surface area (Å²) in [6.45, 7) is 1.79. The highest BCUT2D eigenvalue weighted by molar-refractivity contribution is 5.86. The smallest absolute Gasteiger partial charge is 0.244 e. The molecule has 0 heterocycles. The minimum atomic E-state index is -0.575. The molecule has 0 rings (SSSR count). The van der Waals surface area contributed by atoms with Crippen LogP contribution in [0.5, 0.6) is 0 Å². The molecule has 0 bridgehead atoms. The molecule has 5 heteroatoms. The van der Waals surface area contributed by atoms with E-state index in [1.54, 1.807) is 6.92 Å². The van der Waals surface area contributed by atoms with Crippen molar-refractivity contribution in [3.05, 3.63) is 11.8 Å². The predicted octanol–water partition coefficient (Wildman–Crippen LogP) is 0.303. The summed E-state index contributed by atoms with van der Waals surface area (Å²) in [6.07, 6.45) is 1.93. The van der Waals surface area contributed by atoms with Crippen LogP contribution in [0.2, 0.25) is 0 Å². The Morgan fingerprint density at radius 2 is 2.07 bits per heavy atom. The Hall–Kier alpha value is -1.36. The molecule has 0 spiro atoms. The minimum absolute atomic E-state index is 0.213. The first-order chi connectivity index (χ1) is 6.56. The number of primary amides is 1. The van der Waals surface area contributed by atoms with Crippen LogP contribution in [0, 0.1) is 11.3 Å². The van der Waals surface area contributed by atoms with Gasteiger partial charge in [-0.1, -0.05) is 6.92 Å². The molecule has 80 valence electrons. The van der Waals surface area contributed by atoms with Crippen LogP contribution < -0.4 is 5.73 Å². The zero-order valence-corrected chi connectivity index (χ0v) is 8.61. The standard InChI is InChI=1S/C9H16N2O3/c1-6(8(5-10)14-3)7(13-2)4-9(11)12/h4-6,8,10H,1-3H3,(H2,11,12)/b7-4+,10-5?. The number of nitrogens with two attached hydrogens (primary N) is 1. The minimum Gasteiger partial charge on any atom is -0.500 e. The van der Waals surface area contributed by atoms with E-state index in [2.05, 4.69) is 0 Å². The number of methoxy groups -OCH3 is 2. The predicted molar refractivity (Wildman–Crippen MR) is 53.0 cm³/mol. The van der Waals surface area contributed by atoms with Gasteiger partial charge in [-0.15, -0.1) is 0 Å². The number of amides is 1.